The number of amides is 1. The molecule has 0 saturated heterocycles. The zero-order valence-electron chi connectivity index (χ0n) is 18.4. The average Bonchev–Trinajstić information content (AvgIpc) is 3.15. The zero-order valence-corrected chi connectivity index (χ0v) is 18.4. The summed E-state index contributed by atoms with van der Waals surface area (Å²) in [6.45, 7) is 3.78. The molecule has 3 aromatic carbocycles. The smallest absolute Gasteiger partial charge is 0.274 e. The highest BCUT2D eigenvalue weighted by Crippen LogP contribution is 2.25. The van der Waals surface area contributed by atoms with Gasteiger partial charge in [0.15, 0.2) is 0 Å². The van der Waals surface area contributed by atoms with Gasteiger partial charge in [-0.1, -0.05) is 24.3 Å². The minimum atomic E-state index is -0.605. The largest absolute Gasteiger partial charge is 0.363 e. The summed E-state index contributed by atoms with van der Waals surface area (Å²) in [5.74, 6) is -0.887. The van der Waals surface area contributed by atoms with E-state index in [2.05, 4.69) is 16.5 Å². The first-order chi connectivity index (χ1) is 15.2. The van der Waals surface area contributed by atoms with E-state index in [9.17, 15) is 9.18 Å². The molecule has 0 saturated carbocycles. The van der Waals surface area contributed by atoms with Crippen LogP contribution in [0, 0.1) is 25.1 Å². The summed E-state index contributed by atoms with van der Waals surface area (Å²) in [6.07, 6.45) is 0. The number of carbonyl (C=O) groups excluding carboxylic acids is 1. The molecule has 0 aliphatic rings. The van der Waals surface area contributed by atoms with Crippen molar-refractivity contribution < 1.29 is 9.18 Å². The van der Waals surface area contributed by atoms with E-state index in [1.807, 2.05) is 44.2 Å². The summed E-state index contributed by atoms with van der Waals surface area (Å²) in [6, 6.07) is 18.0. The highest BCUT2D eigenvalue weighted by molar-refractivity contribution is 6.04. The van der Waals surface area contributed by atoms with Crippen molar-refractivity contribution in [1.82, 2.24) is 14.7 Å². The van der Waals surface area contributed by atoms with Crippen molar-refractivity contribution in [3.63, 3.8) is 0 Å². The van der Waals surface area contributed by atoms with Gasteiger partial charge in [-0.25, -0.2) is 9.07 Å². The van der Waals surface area contributed by atoms with Gasteiger partial charge in [0, 0.05) is 19.7 Å². The number of hydrogen-bond donors (Lipinski definition) is 2. The number of carbonyl (C=O) groups is 1. The summed E-state index contributed by atoms with van der Waals surface area (Å²) in [7, 11) is 3.43. The van der Waals surface area contributed by atoms with Gasteiger partial charge in [0.1, 0.15) is 17.3 Å². The molecule has 0 aliphatic heterocycles. The predicted molar refractivity (Wildman–Crippen MR) is 125 cm³/mol. The summed E-state index contributed by atoms with van der Waals surface area (Å²) in [5.41, 5.74) is 3.23. The monoisotopic (exact) mass is 429 g/mol. The van der Waals surface area contributed by atoms with Crippen molar-refractivity contribution in [2.24, 2.45) is 0 Å². The maximum Gasteiger partial charge on any atom is 0.274 e. The minimum absolute atomic E-state index is 0.0472. The molecule has 6 nitrogen and oxygen atoms in total. The van der Waals surface area contributed by atoms with Gasteiger partial charge in [0.05, 0.1) is 17.1 Å². The third-order valence-corrected chi connectivity index (χ3v) is 5.29. The quantitative estimate of drug-likeness (QED) is 0.357. The highest BCUT2D eigenvalue weighted by Gasteiger charge is 2.19. The first-order valence-electron chi connectivity index (χ1n) is 10.2. The normalized spacial score (nSPS) is 10.9. The van der Waals surface area contributed by atoms with Gasteiger partial charge < -0.3 is 10.2 Å². The lowest BCUT2D eigenvalue weighted by Gasteiger charge is -2.15. The maximum atomic E-state index is 14.7. The molecule has 0 atom stereocenters. The number of fused-ring (bicyclic) bond motifs is 1. The van der Waals surface area contributed by atoms with Crippen LogP contribution in [0.25, 0.3) is 16.5 Å². The lowest BCUT2D eigenvalue weighted by Crippen LogP contribution is -2.22. The topological polar surface area (TPSA) is 74.0 Å². The van der Waals surface area contributed by atoms with Crippen LogP contribution in [0.15, 0.2) is 60.7 Å². The highest BCUT2D eigenvalue weighted by atomic mass is 19.1. The molecule has 0 unspecified atom stereocenters. The fourth-order valence-corrected chi connectivity index (χ4v) is 3.62. The molecule has 7 heteroatoms. The zero-order chi connectivity index (χ0) is 23.0. The summed E-state index contributed by atoms with van der Waals surface area (Å²) < 4.78 is 16.3. The minimum Gasteiger partial charge on any atom is -0.363 e. The van der Waals surface area contributed by atoms with E-state index in [0.29, 0.717) is 17.0 Å². The van der Waals surface area contributed by atoms with Gasteiger partial charge in [-0.3, -0.25) is 10.2 Å². The Hall–Kier alpha value is -4.00. The molecule has 162 valence electrons. The molecule has 2 N–H and O–H groups in total. The number of rotatable bonds is 4. The van der Waals surface area contributed by atoms with E-state index in [4.69, 9.17) is 5.41 Å². The van der Waals surface area contributed by atoms with E-state index in [1.165, 1.54) is 12.1 Å². The van der Waals surface area contributed by atoms with Crippen LogP contribution in [0.1, 0.15) is 27.3 Å². The predicted octanol–water partition coefficient (Wildman–Crippen LogP) is 4.92. The van der Waals surface area contributed by atoms with E-state index in [1.54, 1.807) is 35.8 Å². The van der Waals surface area contributed by atoms with Crippen LogP contribution < -0.4 is 5.32 Å². The molecular formula is C25H24FN5O. The van der Waals surface area contributed by atoms with Crippen LogP contribution in [0.3, 0.4) is 0 Å². The van der Waals surface area contributed by atoms with Gasteiger partial charge in [0.25, 0.3) is 5.91 Å². The molecule has 1 heterocycles. The third-order valence-electron chi connectivity index (χ3n) is 5.29. The van der Waals surface area contributed by atoms with E-state index < -0.39 is 11.7 Å². The number of aryl methyl sites for hydroxylation is 2. The fraction of sp³-hybridized carbons (Fsp3) is 0.160. The van der Waals surface area contributed by atoms with Crippen molar-refractivity contribution in [2.45, 2.75) is 13.8 Å². The molecule has 1 amide bonds. The Kier molecular flexibility index (Phi) is 5.48. The van der Waals surface area contributed by atoms with Crippen LogP contribution in [-0.4, -0.2) is 40.5 Å². The summed E-state index contributed by atoms with van der Waals surface area (Å²) in [4.78, 5) is 14.7. The summed E-state index contributed by atoms with van der Waals surface area (Å²) in [5, 5.41) is 17.3. The van der Waals surface area contributed by atoms with Gasteiger partial charge in [-0.15, -0.1) is 0 Å². The molecular weight excluding hydrogens is 405 g/mol. The Labute approximate surface area is 185 Å². The number of hydrogen-bond acceptors (Lipinski definition) is 3. The standard InChI is InChI=1S/C25H24FN5O/c1-15-11-17-7-5-6-8-18(17)14-22(15)31-23(12-16(2)29-31)25(32)28-21-10-9-19(13-20(21)26)24(27)30(3)4/h5-14,27H,1-4H3,(H,28,32). The molecule has 1 aromatic heterocycles. The molecule has 0 aliphatic carbocycles. The second-order valence-corrected chi connectivity index (χ2v) is 7.96. The molecule has 4 rings (SSSR count). The number of anilines is 1. The Morgan fingerprint density at radius 3 is 2.38 bits per heavy atom. The lowest BCUT2D eigenvalue weighted by molar-refractivity contribution is 0.101. The number of benzene rings is 3. The van der Waals surface area contributed by atoms with Gasteiger partial charge in [-0.05, 0) is 66.6 Å². The fourth-order valence-electron chi connectivity index (χ4n) is 3.62. The average molecular weight is 429 g/mol. The number of halogens is 1. The number of amidine groups is 1. The lowest BCUT2D eigenvalue weighted by atomic mass is 10.1. The Morgan fingerprint density at radius 2 is 1.72 bits per heavy atom. The van der Waals surface area contributed by atoms with Gasteiger partial charge >= 0.3 is 0 Å². The van der Waals surface area contributed by atoms with Crippen LogP contribution >= 0.6 is 0 Å². The van der Waals surface area contributed by atoms with Gasteiger partial charge in [0.2, 0.25) is 0 Å². The van der Waals surface area contributed by atoms with E-state index >= 15 is 0 Å². The van der Waals surface area contributed by atoms with Crippen molar-refractivity contribution in [3.8, 4) is 5.69 Å². The first-order valence-corrected chi connectivity index (χ1v) is 10.2. The van der Waals surface area contributed by atoms with Crippen LogP contribution in [0.4, 0.5) is 10.1 Å². The van der Waals surface area contributed by atoms with Crippen molar-refractivity contribution in [3.05, 3.63) is 89.0 Å². The van der Waals surface area contributed by atoms with Crippen LogP contribution in [0.2, 0.25) is 0 Å². The molecule has 32 heavy (non-hydrogen) atoms. The Balaban J connectivity index is 1.69. The molecule has 4 aromatic rings. The van der Waals surface area contributed by atoms with Crippen molar-refractivity contribution >= 4 is 28.2 Å². The maximum absolute atomic E-state index is 14.7. The molecule has 0 bridgehead atoms. The number of aromatic nitrogens is 2. The second kappa shape index (κ2) is 8.26. The summed E-state index contributed by atoms with van der Waals surface area (Å²) >= 11 is 0. The number of nitrogens with zero attached hydrogens (tertiary/aromatic N) is 3. The SMILES string of the molecule is Cc1cc(C(=O)Nc2ccc(C(=N)N(C)C)cc2F)n(-c2cc3ccccc3cc2C)n1. The van der Waals surface area contributed by atoms with Gasteiger partial charge in [-0.2, -0.15) is 5.10 Å². The first kappa shape index (κ1) is 21.2. The Morgan fingerprint density at radius 1 is 1.03 bits per heavy atom. The van der Waals surface area contributed by atoms with Crippen LogP contribution in [0.5, 0.6) is 0 Å². The third kappa shape index (κ3) is 3.97. The molecule has 0 radical (unpaired) electrons. The Bertz CT molecular complexity index is 1360. The van der Waals surface area contributed by atoms with Crippen molar-refractivity contribution in [2.75, 3.05) is 19.4 Å². The van der Waals surface area contributed by atoms with E-state index in [-0.39, 0.29) is 11.5 Å². The second-order valence-electron chi connectivity index (χ2n) is 7.96. The molecule has 0 spiro atoms. The van der Waals surface area contributed by atoms with E-state index in [0.717, 1.165) is 22.0 Å². The van der Waals surface area contributed by atoms with Crippen molar-refractivity contribution in [1.29, 1.82) is 5.41 Å². The van der Waals surface area contributed by atoms with Crippen LogP contribution in [-0.2, 0) is 0 Å². The molecule has 0 fully saturated rings. The number of nitrogens with one attached hydrogen (secondary N) is 2.